The molecular weight excluding hydrogens is 294 g/mol. The van der Waals surface area contributed by atoms with Gasteiger partial charge in [0.1, 0.15) is 6.07 Å². The van der Waals surface area contributed by atoms with Gasteiger partial charge in [0.2, 0.25) is 0 Å². The molecule has 88 valence electrons. The van der Waals surface area contributed by atoms with Crippen molar-refractivity contribution in [1.29, 1.82) is 5.26 Å². The maximum absolute atomic E-state index is 12.0. The van der Waals surface area contributed by atoms with E-state index in [2.05, 4.69) is 26.2 Å². The first-order valence-electron chi connectivity index (χ1n) is 5.12. The third kappa shape index (κ3) is 2.73. The van der Waals surface area contributed by atoms with Crippen LogP contribution in [0.4, 0.5) is 5.69 Å². The molecule has 1 amide bonds. The van der Waals surface area contributed by atoms with Crippen LogP contribution in [0.15, 0.2) is 47.2 Å². The number of pyridine rings is 1. The number of nitrogens with zero attached hydrogens (tertiary/aromatic N) is 2. The first-order valence-corrected chi connectivity index (χ1v) is 5.91. The van der Waals surface area contributed by atoms with Gasteiger partial charge in [0.25, 0.3) is 5.91 Å². The Bertz CT molecular complexity index is 617. The SMILES string of the molecule is N#Cc1ccncc1C(=O)Nc1ccc(Br)cc1. The number of rotatable bonds is 2. The monoisotopic (exact) mass is 301 g/mol. The lowest BCUT2D eigenvalue weighted by Gasteiger charge is -2.05. The minimum atomic E-state index is -0.345. The minimum Gasteiger partial charge on any atom is -0.322 e. The van der Waals surface area contributed by atoms with Crippen LogP contribution in [-0.2, 0) is 0 Å². The van der Waals surface area contributed by atoms with E-state index in [-0.39, 0.29) is 11.5 Å². The highest BCUT2D eigenvalue weighted by Crippen LogP contribution is 2.15. The number of carbonyl (C=O) groups excluding carboxylic acids is 1. The quantitative estimate of drug-likeness (QED) is 0.927. The van der Waals surface area contributed by atoms with Gasteiger partial charge in [0.15, 0.2) is 0 Å². The van der Waals surface area contributed by atoms with Gasteiger partial charge in [-0.2, -0.15) is 5.26 Å². The third-order valence-electron chi connectivity index (χ3n) is 2.29. The molecule has 0 unspecified atom stereocenters. The summed E-state index contributed by atoms with van der Waals surface area (Å²) in [5.41, 5.74) is 1.23. The molecule has 1 N–H and O–H groups in total. The molecule has 0 bridgehead atoms. The van der Waals surface area contributed by atoms with Crippen molar-refractivity contribution in [1.82, 2.24) is 4.98 Å². The van der Waals surface area contributed by atoms with E-state index in [0.717, 1.165) is 4.47 Å². The van der Waals surface area contributed by atoms with Gasteiger partial charge in [-0.15, -0.1) is 0 Å². The van der Waals surface area contributed by atoms with E-state index in [4.69, 9.17) is 5.26 Å². The summed E-state index contributed by atoms with van der Waals surface area (Å²) in [7, 11) is 0. The van der Waals surface area contributed by atoms with Crippen LogP contribution < -0.4 is 5.32 Å². The number of halogens is 1. The zero-order chi connectivity index (χ0) is 13.0. The summed E-state index contributed by atoms with van der Waals surface area (Å²) < 4.78 is 0.930. The Balaban J connectivity index is 2.22. The summed E-state index contributed by atoms with van der Waals surface area (Å²) in [6, 6.07) is 10.7. The number of amides is 1. The van der Waals surface area contributed by atoms with Gasteiger partial charge >= 0.3 is 0 Å². The fourth-order valence-corrected chi connectivity index (χ4v) is 1.67. The Kier molecular flexibility index (Phi) is 3.70. The molecule has 0 aliphatic rings. The van der Waals surface area contributed by atoms with Crippen molar-refractivity contribution in [2.75, 3.05) is 5.32 Å². The van der Waals surface area contributed by atoms with E-state index in [1.165, 1.54) is 18.5 Å². The Morgan fingerprint density at radius 2 is 2.00 bits per heavy atom. The number of benzene rings is 1. The first kappa shape index (κ1) is 12.3. The zero-order valence-electron chi connectivity index (χ0n) is 9.22. The normalized spacial score (nSPS) is 9.56. The predicted molar refractivity (Wildman–Crippen MR) is 71.0 cm³/mol. The Morgan fingerprint density at radius 1 is 1.28 bits per heavy atom. The molecule has 2 aromatic rings. The lowest BCUT2D eigenvalue weighted by atomic mass is 10.1. The number of aromatic nitrogens is 1. The van der Waals surface area contributed by atoms with Gasteiger partial charge < -0.3 is 5.32 Å². The average molecular weight is 302 g/mol. The molecule has 18 heavy (non-hydrogen) atoms. The molecule has 1 heterocycles. The van der Waals surface area contributed by atoms with Crippen LogP contribution in [0.3, 0.4) is 0 Å². The molecule has 0 spiro atoms. The van der Waals surface area contributed by atoms with Crippen LogP contribution in [-0.4, -0.2) is 10.9 Å². The summed E-state index contributed by atoms with van der Waals surface area (Å²) in [6.45, 7) is 0. The van der Waals surface area contributed by atoms with Gasteiger partial charge in [-0.1, -0.05) is 15.9 Å². The summed E-state index contributed by atoms with van der Waals surface area (Å²) >= 11 is 3.31. The van der Waals surface area contributed by atoms with Crippen molar-refractivity contribution < 1.29 is 4.79 Å². The van der Waals surface area contributed by atoms with Crippen molar-refractivity contribution in [2.24, 2.45) is 0 Å². The molecular formula is C13H8BrN3O. The van der Waals surface area contributed by atoms with Crippen LogP contribution in [0.2, 0.25) is 0 Å². The van der Waals surface area contributed by atoms with Crippen molar-refractivity contribution in [3.05, 3.63) is 58.3 Å². The largest absolute Gasteiger partial charge is 0.322 e. The molecule has 0 fully saturated rings. The maximum Gasteiger partial charge on any atom is 0.258 e. The summed E-state index contributed by atoms with van der Waals surface area (Å²) in [6.07, 6.45) is 2.86. The van der Waals surface area contributed by atoms with Gasteiger partial charge in [0.05, 0.1) is 11.1 Å². The highest BCUT2D eigenvalue weighted by atomic mass is 79.9. The molecule has 5 heteroatoms. The minimum absolute atomic E-state index is 0.267. The van der Waals surface area contributed by atoms with E-state index in [1.807, 2.05) is 18.2 Å². The Morgan fingerprint density at radius 3 is 2.67 bits per heavy atom. The number of anilines is 1. The topological polar surface area (TPSA) is 65.8 Å². The van der Waals surface area contributed by atoms with E-state index >= 15 is 0 Å². The molecule has 0 aliphatic heterocycles. The second-order valence-corrected chi connectivity index (χ2v) is 4.41. The Labute approximate surface area is 112 Å². The molecule has 0 saturated carbocycles. The third-order valence-corrected chi connectivity index (χ3v) is 2.82. The average Bonchev–Trinajstić information content (AvgIpc) is 2.41. The van der Waals surface area contributed by atoms with Gasteiger partial charge in [-0.25, -0.2) is 0 Å². The molecule has 1 aromatic carbocycles. The molecule has 4 nitrogen and oxygen atoms in total. The van der Waals surface area contributed by atoms with Crippen LogP contribution in [0.1, 0.15) is 15.9 Å². The lowest BCUT2D eigenvalue weighted by molar-refractivity contribution is 0.102. The zero-order valence-corrected chi connectivity index (χ0v) is 10.8. The van der Waals surface area contributed by atoms with Gasteiger partial charge in [0, 0.05) is 22.6 Å². The fraction of sp³-hybridized carbons (Fsp3) is 0. The molecule has 0 radical (unpaired) electrons. The van der Waals surface area contributed by atoms with Gasteiger partial charge in [-0.05, 0) is 30.3 Å². The number of nitrogens with one attached hydrogen (secondary N) is 1. The fourth-order valence-electron chi connectivity index (χ4n) is 1.40. The molecule has 0 atom stereocenters. The number of hydrogen-bond donors (Lipinski definition) is 1. The summed E-state index contributed by atoms with van der Waals surface area (Å²) in [5.74, 6) is -0.345. The number of carbonyl (C=O) groups is 1. The van der Waals surface area contributed by atoms with Crippen molar-refractivity contribution in [3.63, 3.8) is 0 Å². The number of nitriles is 1. The van der Waals surface area contributed by atoms with Crippen LogP contribution in [0.5, 0.6) is 0 Å². The van der Waals surface area contributed by atoms with Gasteiger partial charge in [-0.3, -0.25) is 9.78 Å². The van der Waals surface area contributed by atoms with E-state index in [1.54, 1.807) is 12.1 Å². The maximum atomic E-state index is 12.0. The molecule has 2 rings (SSSR count). The van der Waals surface area contributed by atoms with Crippen molar-refractivity contribution >= 4 is 27.5 Å². The van der Waals surface area contributed by atoms with Crippen LogP contribution in [0, 0.1) is 11.3 Å². The predicted octanol–water partition coefficient (Wildman–Crippen LogP) is 2.97. The molecule has 0 aliphatic carbocycles. The number of hydrogen-bond acceptors (Lipinski definition) is 3. The van der Waals surface area contributed by atoms with Crippen molar-refractivity contribution in [2.45, 2.75) is 0 Å². The second kappa shape index (κ2) is 5.43. The van der Waals surface area contributed by atoms with E-state index in [0.29, 0.717) is 11.3 Å². The van der Waals surface area contributed by atoms with E-state index < -0.39 is 0 Å². The molecule has 1 aromatic heterocycles. The smallest absolute Gasteiger partial charge is 0.258 e. The standard InChI is InChI=1S/C13H8BrN3O/c14-10-1-3-11(4-2-10)17-13(18)12-8-16-6-5-9(12)7-15/h1-6,8H,(H,17,18). The first-order chi connectivity index (χ1) is 8.70. The molecule has 0 saturated heterocycles. The highest BCUT2D eigenvalue weighted by Gasteiger charge is 2.11. The van der Waals surface area contributed by atoms with Crippen molar-refractivity contribution in [3.8, 4) is 6.07 Å². The Hall–Kier alpha value is -2.19. The lowest BCUT2D eigenvalue weighted by Crippen LogP contribution is -2.13. The summed E-state index contributed by atoms with van der Waals surface area (Å²) in [5, 5.41) is 11.6. The van der Waals surface area contributed by atoms with Crippen LogP contribution in [0.25, 0.3) is 0 Å². The second-order valence-electron chi connectivity index (χ2n) is 3.49. The van der Waals surface area contributed by atoms with E-state index in [9.17, 15) is 4.79 Å². The summed E-state index contributed by atoms with van der Waals surface area (Å²) in [4.78, 5) is 15.8. The van der Waals surface area contributed by atoms with Crippen LogP contribution >= 0.6 is 15.9 Å². The highest BCUT2D eigenvalue weighted by molar-refractivity contribution is 9.10.